The molecule has 0 unspecified atom stereocenters. The Hall–Kier alpha value is -1.82. The van der Waals surface area contributed by atoms with Gasteiger partial charge >= 0.3 is 6.09 Å². The highest BCUT2D eigenvalue weighted by Gasteiger charge is 2.04. The second-order valence-corrected chi connectivity index (χ2v) is 4.98. The molecule has 0 atom stereocenters. The zero-order valence-corrected chi connectivity index (χ0v) is 13.5. The predicted molar refractivity (Wildman–Crippen MR) is 87.0 cm³/mol. The molecule has 21 heavy (non-hydrogen) atoms. The van der Waals surface area contributed by atoms with Crippen LogP contribution in [0, 0.1) is 13.8 Å². The molecule has 0 saturated heterocycles. The van der Waals surface area contributed by atoms with E-state index in [1.807, 2.05) is 32.0 Å². The number of thiocarbonyl (C=S) groups is 1. The Bertz CT molecular complexity index is 492. The van der Waals surface area contributed by atoms with Crippen molar-refractivity contribution in [2.24, 2.45) is 0 Å². The number of hydrogen-bond acceptors (Lipinski definition) is 4. The van der Waals surface area contributed by atoms with Crippen molar-refractivity contribution in [3.8, 4) is 5.75 Å². The Morgan fingerprint density at radius 2 is 1.95 bits per heavy atom. The van der Waals surface area contributed by atoms with E-state index in [2.05, 4.69) is 10.6 Å². The molecule has 0 heterocycles. The van der Waals surface area contributed by atoms with Crippen LogP contribution in [0.4, 0.5) is 4.79 Å². The maximum absolute atomic E-state index is 11.0. The molecule has 6 heteroatoms. The first-order valence-electron chi connectivity index (χ1n) is 6.91. The van der Waals surface area contributed by atoms with Crippen LogP contribution in [0.3, 0.4) is 0 Å². The molecule has 1 aromatic rings. The van der Waals surface area contributed by atoms with Crippen LogP contribution in [0.1, 0.15) is 18.1 Å². The van der Waals surface area contributed by atoms with Gasteiger partial charge in [-0.25, -0.2) is 4.79 Å². The summed E-state index contributed by atoms with van der Waals surface area (Å²) in [5, 5.41) is 5.63. The molecule has 0 aliphatic heterocycles. The smallest absolute Gasteiger partial charge is 0.407 e. The van der Waals surface area contributed by atoms with E-state index in [0.717, 1.165) is 11.3 Å². The summed E-state index contributed by atoms with van der Waals surface area (Å²) in [5.41, 5.74) is 2.30. The van der Waals surface area contributed by atoms with E-state index >= 15 is 0 Å². The lowest BCUT2D eigenvalue weighted by Crippen LogP contribution is -2.36. The van der Waals surface area contributed by atoms with E-state index in [-0.39, 0.29) is 0 Å². The predicted octanol–water partition coefficient (Wildman–Crippen LogP) is 2.35. The molecule has 0 aliphatic carbocycles. The first-order chi connectivity index (χ1) is 10.0. The van der Waals surface area contributed by atoms with E-state index in [1.165, 1.54) is 5.56 Å². The minimum absolute atomic E-state index is 0.318. The first kappa shape index (κ1) is 17.2. The minimum Gasteiger partial charge on any atom is -0.486 e. The van der Waals surface area contributed by atoms with E-state index in [0.29, 0.717) is 31.3 Å². The average molecular weight is 310 g/mol. The molecule has 0 bridgehead atoms. The normalized spacial score (nSPS) is 9.86. The Morgan fingerprint density at radius 1 is 1.24 bits per heavy atom. The van der Waals surface area contributed by atoms with Gasteiger partial charge in [0.1, 0.15) is 17.3 Å². The highest BCUT2D eigenvalue weighted by molar-refractivity contribution is 7.80. The average Bonchev–Trinajstić information content (AvgIpc) is 2.45. The van der Waals surface area contributed by atoms with Crippen LogP contribution < -0.4 is 15.4 Å². The van der Waals surface area contributed by atoms with Crippen molar-refractivity contribution in [2.75, 3.05) is 26.3 Å². The molecule has 0 radical (unpaired) electrons. The number of carbonyl (C=O) groups excluding carboxylic acids is 1. The molecule has 1 aromatic carbocycles. The Morgan fingerprint density at radius 3 is 2.67 bits per heavy atom. The number of rotatable bonds is 7. The molecule has 0 aliphatic rings. The summed E-state index contributed by atoms with van der Waals surface area (Å²) < 4.78 is 10.4. The summed E-state index contributed by atoms with van der Waals surface area (Å²) in [4.78, 5) is 11.6. The molecule has 0 fully saturated rings. The van der Waals surface area contributed by atoms with Gasteiger partial charge in [0.05, 0.1) is 6.61 Å². The Balaban J connectivity index is 2.22. The summed E-state index contributed by atoms with van der Waals surface area (Å²) in [7, 11) is 0. The number of benzene rings is 1. The fourth-order valence-corrected chi connectivity index (χ4v) is 1.78. The lowest BCUT2D eigenvalue weighted by Gasteiger charge is -2.13. The van der Waals surface area contributed by atoms with E-state index in [4.69, 9.17) is 21.7 Å². The highest BCUT2D eigenvalue weighted by atomic mass is 32.1. The second kappa shape index (κ2) is 9.18. The summed E-state index contributed by atoms with van der Waals surface area (Å²) in [6.45, 7) is 7.48. The van der Waals surface area contributed by atoms with Crippen molar-refractivity contribution in [3.63, 3.8) is 0 Å². The molecule has 0 saturated carbocycles. The van der Waals surface area contributed by atoms with Crippen molar-refractivity contribution in [1.29, 1.82) is 0 Å². The molecule has 116 valence electrons. The van der Waals surface area contributed by atoms with Gasteiger partial charge in [0.15, 0.2) is 0 Å². The van der Waals surface area contributed by atoms with E-state index < -0.39 is 6.09 Å². The molecule has 2 N–H and O–H groups in total. The third-order valence-corrected chi connectivity index (χ3v) is 3.17. The fourth-order valence-electron chi connectivity index (χ4n) is 1.62. The van der Waals surface area contributed by atoms with Gasteiger partial charge in [-0.1, -0.05) is 24.4 Å². The Labute approximate surface area is 131 Å². The van der Waals surface area contributed by atoms with E-state index in [9.17, 15) is 4.79 Å². The lowest BCUT2D eigenvalue weighted by molar-refractivity contribution is 0.152. The molecule has 0 spiro atoms. The maximum atomic E-state index is 11.0. The lowest BCUT2D eigenvalue weighted by atomic mass is 10.1. The van der Waals surface area contributed by atoms with Crippen LogP contribution in [-0.4, -0.2) is 37.4 Å². The van der Waals surface area contributed by atoms with Gasteiger partial charge in [-0.05, 0) is 38.0 Å². The van der Waals surface area contributed by atoms with Gasteiger partial charge in [0.2, 0.25) is 0 Å². The van der Waals surface area contributed by atoms with Crippen molar-refractivity contribution in [3.05, 3.63) is 29.3 Å². The molecule has 1 amide bonds. The third kappa shape index (κ3) is 6.44. The number of nitrogens with one attached hydrogen (secondary N) is 2. The topological polar surface area (TPSA) is 59.6 Å². The first-order valence-corrected chi connectivity index (χ1v) is 7.31. The summed E-state index contributed by atoms with van der Waals surface area (Å²) in [5.74, 6) is 0.837. The molecule has 1 rings (SSSR count). The monoisotopic (exact) mass is 310 g/mol. The van der Waals surface area contributed by atoms with Crippen LogP contribution in [0.15, 0.2) is 18.2 Å². The van der Waals surface area contributed by atoms with Gasteiger partial charge in [-0.3, -0.25) is 0 Å². The van der Waals surface area contributed by atoms with Crippen LogP contribution >= 0.6 is 12.2 Å². The van der Waals surface area contributed by atoms with Gasteiger partial charge in [-0.15, -0.1) is 0 Å². The van der Waals surface area contributed by atoms with Gasteiger partial charge in [-0.2, -0.15) is 0 Å². The minimum atomic E-state index is -0.420. The fraction of sp³-hybridized carbons (Fsp3) is 0.467. The molecular formula is C15H22N2O3S. The van der Waals surface area contributed by atoms with Gasteiger partial charge < -0.3 is 20.1 Å². The maximum Gasteiger partial charge on any atom is 0.407 e. The molecule has 5 nitrogen and oxygen atoms in total. The van der Waals surface area contributed by atoms with E-state index in [1.54, 1.807) is 6.92 Å². The zero-order valence-electron chi connectivity index (χ0n) is 12.7. The standard InChI is InChI=1S/C15H22N2O3S/c1-4-19-15(18)17-9-8-16-14(21)10-20-13-7-5-6-11(2)12(13)3/h5-7H,4,8-10H2,1-3H3,(H,16,21)(H,17,18). The SMILES string of the molecule is CCOC(=O)NCCNC(=S)COc1cccc(C)c1C. The van der Waals surface area contributed by atoms with Crippen LogP contribution in [0.2, 0.25) is 0 Å². The van der Waals surface area contributed by atoms with Crippen LogP contribution in [-0.2, 0) is 4.74 Å². The van der Waals surface area contributed by atoms with Crippen molar-refractivity contribution in [1.82, 2.24) is 10.6 Å². The summed E-state index contributed by atoms with van der Waals surface area (Å²) in [6, 6.07) is 5.92. The van der Waals surface area contributed by atoms with Crippen molar-refractivity contribution in [2.45, 2.75) is 20.8 Å². The quantitative estimate of drug-likeness (QED) is 0.598. The third-order valence-electron chi connectivity index (χ3n) is 2.91. The summed E-state index contributed by atoms with van der Waals surface area (Å²) in [6.07, 6.45) is -0.420. The number of carbonyl (C=O) groups is 1. The molecule has 0 aromatic heterocycles. The van der Waals surface area contributed by atoms with Crippen molar-refractivity contribution >= 4 is 23.3 Å². The number of aryl methyl sites for hydroxylation is 1. The van der Waals surface area contributed by atoms with Gasteiger partial charge in [0.25, 0.3) is 0 Å². The zero-order chi connectivity index (χ0) is 15.7. The van der Waals surface area contributed by atoms with Gasteiger partial charge in [0, 0.05) is 13.1 Å². The second-order valence-electron chi connectivity index (χ2n) is 4.48. The number of alkyl carbamates (subject to hydrolysis) is 1. The summed E-state index contributed by atoms with van der Waals surface area (Å²) >= 11 is 5.18. The number of amides is 1. The largest absolute Gasteiger partial charge is 0.486 e. The molecular weight excluding hydrogens is 288 g/mol. The highest BCUT2D eigenvalue weighted by Crippen LogP contribution is 2.20. The van der Waals surface area contributed by atoms with Crippen molar-refractivity contribution < 1.29 is 14.3 Å². The number of ether oxygens (including phenoxy) is 2. The van der Waals surface area contributed by atoms with Crippen LogP contribution in [0.25, 0.3) is 0 Å². The number of hydrogen-bond donors (Lipinski definition) is 2. The Kier molecular flexibility index (Phi) is 7.53. The van der Waals surface area contributed by atoms with Crippen LogP contribution in [0.5, 0.6) is 5.75 Å².